The van der Waals surface area contributed by atoms with Gasteiger partial charge in [-0.3, -0.25) is 0 Å². The molecule has 2 atom stereocenters. The molecule has 0 saturated carbocycles. The summed E-state index contributed by atoms with van der Waals surface area (Å²) >= 11 is -1.74. The number of piperidine rings is 1. The molecule has 1 aliphatic rings. The molecule has 0 spiro atoms. The molecule has 0 aromatic heterocycles. The van der Waals surface area contributed by atoms with Crippen molar-refractivity contribution in [3.63, 3.8) is 0 Å². The summed E-state index contributed by atoms with van der Waals surface area (Å²) in [6.07, 6.45) is 3.73. The molecule has 4 heteroatoms. The molecule has 3 nitrogen and oxygen atoms in total. The lowest BCUT2D eigenvalue weighted by Gasteiger charge is -2.23. The fourth-order valence-electron chi connectivity index (χ4n) is 2.13. The van der Waals surface area contributed by atoms with E-state index < -0.39 is 11.1 Å². The van der Waals surface area contributed by atoms with E-state index in [4.69, 9.17) is 4.55 Å². The molecule has 1 saturated heterocycles. The van der Waals surface area contributed by atoms with Crippen LogP contribution in [0.15, 0.2) is 24.3 Å². The number of rotatable bonds is 3. The summed E-state index contributed by atoms with van der Waals surface area (Å²) in [7, 11) is 0. The van der Waals surface area contributed by atoms with E-state index in [9.17, 15) is 4.21 Å². The van der Waals surface area contributed by atoms with Gasteiger partial charge in [0.1, 0.15) is 0 Å². The van der Waals surface area contributed by atoms with Crippen molar-refractivity contribution in [2.75, 3.05) is 6.54 Å². The van der Waals surface area contributed by atoms with E-state index in [1.54, 1.807) is 0 Å². The Morgan fingerprint density at radius 2 is 2.06 bits per heavy atom. The molecular formula is C12H17NO2S. The zero-order chi connectivity index (χ0) is 11.4. The fraction of sp³-hybridized carbons (Fsp3) is 0.500. The van der Waals surface area contributed by atoms with Gasteiger partial charge in [-0.1, -0.05) is 30.7 Å². The van der Waals surface area contributed by atoms with Crippen molar-refractivity contribution in [1.29, 1.82) is 0 Å². The van der Waals surface area contributed by atoms with E-state index in [2.05, 4.69) is 17.4 Å². The largest absolute Gasteiger partial charge is 0.310 e. The van der Waals surface area contributed by atoms with Crippen molar-refractivity contribution in [3.05, 3.63) is 35.4 Å². The zero-order valence-electron chi connectivity index (χ0n) is 9.19. The Bertz CT molecular complexity index is 358. The second-order valence-corrected chi connectivity index (χ2v) is 5.14. The van der Waals surface area contributed by atoms with Gasteiger partial charge in [-0.15, -0.1) is 0 Å². The molecule has 1 aromatic carbocycles. The summed E-state index contributed by atoms with van der Waals surface area (Å²) in [4.78, 5) is 0. The molecule has 2 N–H and O–H groups in total. The molecule has 1 fully saturated rings. The summed E-state index contributed by atoms with van der Waals surface area (Å²) in [5, 5.41) is 3.49. The van der Waals surface area contributed by atoms with Crippen LogP contribution in [0.25, 0.3) is 0 Å². The summed E-state index contributed by atoms with van der Waals surface area (Å²) in [5.74, 6) is 0.221. The van der Waals surface area contributed by atoms with Crippen molar-refractivity contribution >= 4 is 11.1 Å². The Morgan fingerprint density at radius 1 is 1.31 bits per heavy atom. The van der Waals surface area contributed by atoms with Crippen LogP contribution in [0.1, 0.15) is 36.4 Å². The minimum atomic E-state index is -1.74. The Balaban J connectivity index is 2.03. The van der Waals surface area contributed by atoms with Crippen molar-refractivity contribution in [2.45, 2.75) is 31.1 Å². The Labute approximate surface area is 98.5 Å². The Hall–Kier alpha value is -0.710. The van der Waals surface area contributed by atoms with Crippen LogP contribution >= 0.6 is 0 Å². The van der Waals surface area contributed by atoms with E-state index in [0.29, 0.717) is 6.04 Å². The first kappa shape index (κ1) is 11.8. The lowest BCUT2D eigenvalue weighted by Crippen LogP contribution is -2.26. The van der Waals surface area contributed by atoms with Gasteiger partial charge in [0.05, 0.1) is 5.75 Å². The maximum Gasteiger partial charge on any atom is 0.157 e. The second kappa shape index (κ2) is 5.57. The van der Waals surface area contributed by atoms with Crippen LogP contribution in [0.5, 0.6) is 0 Å². The third kappa shape index (κ3) is 3.14. The smallest absolute Gasteiger partial charge is 0.157 e. The molecule has 0 aliphatic carbocycles. The number of hydrogen-bond acceptors (Lipinski definition) is 2. The third-order valence-electron chi connectivity index (χ3n) is 2.98. The minimum Gasteiger partial charge on any atom is -0.310 e. The summed E-state index contributed by atoms with van der Waals surface area (Å²) in [6.45, 7) is 1.09. The Kier molecular flexibility index (Phi) is 4.09. The van der Waals surface area contributed by atoms with Crippen LogP contribution in [-0.4, -0.2) is 15.3 Å². The second-order valence-electron chi connectivity index (χ2n) is 4.21. The summed E-state index contributed by atoms with van der Waals surface area (Å²) in [6, 6.07) is 8.47. The Morgan fingerprint density at radius 3 is 2.62 bits per heavy atom. The topological polar surface area (TPSA) is 49.3 Å². The predicted molar refractivity (Wildman–Crippen MR) is 65.5 cm³/mol. The molecule has 0 bridgehead atoms. The fourth-order valence-corrected chi connectivity index (χ4v) is 2.60. The van der Waals surface area contributed by atoms with Gasteiger partial charge in [0.2, 0.25) is 0 Å². The first-order valence-corrected chi connectivity index (χ1v) is 6.93. The normalized spacial score (nSPS) is 22.9. The SMILES string of the molecule is O=S(O)Cc1ccc(C2CCCCN2)cc1. The standard InChI is InChI=1S/C12H17NO2S/c14-16(15)9-10-4-6-11(7-5-10)12-3-1-2-8-13-12/h4-7,12-13H,1-3,8-9H2,(H,14,15). The predicted octanol–water partition coefficient (Wildman–Crippen LogP) is 2.22. The average molecular weight is 239 g/mol. The van der Waals surface area contributed by atoms with Gasteiger partial charge in [-0.25, -0.2) is 4.21 Å². The highest BCUT2D eigenvalue weighted by Gasteiger charge is 2.14. The van der Waals surface area contributed by atoms with Gasteiger partial charge in [-0.2, -0.15) is 0 Å². The van der Waals surface area contributed by atoms with Gasteiger partial charge in [0.25, 0.3) is 0 Å². The average Bonchev–Trinajstić information content (AvgIpc) is 2.30. The van der Waals surface area contributed by atoms with Crippen LogP contribution in [0.3, 0.4) is 0 Å². The van der Waals surface area contributed by atoms with Gasteiger partial charge < -0.3 is 9.87 Å². The van der Waals surface area contributed by atoms with E-state index in [0.717, 1.165) is 12.1 Å². The molecule has 0 amide bonds. The molecule has 2 unspecified atom stereocenters. The highest BCUT2D eigenvalue weighted by molar-refractivity contribution is 7.78. The maximum atomic E-state index is 10.7. The molecule has 1 heterocycles. The first-order valence-electron chi connectivity index (χ1n) is 5.65. The van der Waals surface area contributed by atoms with E-state index >= 15 is 0 Å². The van der Waals surface area contributed by atoms with Crippen LogP contribution in [0, 0.1) is 0 Å². The molecule has 1 aromatic rings. The third-order valence-corrected chi connectivity index (χ3v) is 3.56. The molecule has 16 heavy (non-hydrogen) atoms. The lowest BCUT2D eigenvalue weighted by atomic mass is 9.97. The summed E-state index contributed by atoms with van der Waals surface area (Å²) < 4.78 is 19.4. The minimum absolute atomic E-state index is 0.221. The van der Waals surface area contributed by atoms with E-state index in [-0.39, 0.29) is 5.75 Å². The van der Waals surface area contributed by atoms with Gasteiger partial charge in [0.15, 0.2) is 11.1 Å². The van der Waals surface area contributed by atoms with Gasteiger partial charge in [0, 0.05) is 6.04 Å². The van der Waals surface area contributed by atoms with Crippen LogP contribution in [-0.2, 0) is 16.8 Å². The highest BCUT2D eigenvalue weighted by Crippen LogP contribution is 2.23. The molecule has 1 aliphatic heterocycles. The molecular weight excluding hydrogens is 222 g/mol. The lowest BCUT2D eigenvalue weighted by molar-refractivity contribution is 0.412. The zero-order valence-corrected chi connectivity index (χ0v) is 10.0. The van der Waals surface area contributed by atoms with E-state index in [1.165, 1.54) is 24.8 Å². The van der Waals surface area contributed by atoms with E-state index in [1.807, 2.05) is 12.1 Å². The van der Waals surface area contributed by atoms with Crippen molar-refractivity contribution in [1.82, 2.24) is 5.32 Å². The maximum absolute atomic E-state index is 10.7. The van der Waals surface area contributed by atoms with Gasteiger partial charge in [-0.05, 0) is 30.5 Å². The number of benzene rings is 1. The van der Waals surface area contributed by atoms with Crippen LogP contribution in [0.4, 0.5) is 0 Å². The highest BCUT2D eigenvalue weighted by atomic mass is 32.2. The number of nitrogens with one attached hydrogen (secondary N) is 1. The van der Waals surface area contributed by atoms with Crippen LogP contribution in [0.2, 0.25) is 0 Å². The first-order chi connectivity index (χ1) is 7.75. The van der Waals surface area contributed by atoms with Crippen molar-refractivity contribution in [2.24, 2.45) is 0 Å². The monoisotopic (exact) mass is 239 g/mol. The quantitative estimate of drug-likeness (QED) is 0.795. The van der Waals surface area contributed by atoms with Crippen molar-refractivity contribution in [3.8, 4) is 0 Å². The van der Waals surface area contributed by atoms with Crippen LogP contribution < -0.4 is 5.32 Å². The van der Waals surface area contributed by atoms with Gasteiger partial charge >= 0.3 is 0 Å². The molecule has 88 valence electrons. The number of hydrogen-bond donors (Lipinski definition) is 2. The van der Waals surface area contributed by atoms with Crippen molar-refractivity contribution < 1.29 is 8.76 Å². The molecule has 2 rings (SSSR count). The summed E-state index contributed by atoms with van der Waals surface area (Å²) in [5.41, 5.74) is 2.20. The molecule has 0 radical (unpaired) electrons.